The van der Waals surface area contributed by atoms with Gasteiger partial charge in [0.25, 0.3) is 5.91 Å². The molecule has 0 saturated heterocycles. The van der Waals surface area contributed by atoms with Gasteiger partial charge in [-0.05, 0) is 82.0 Å². The molecule has 10 nitrogen and oxygen atoms in total. The number of anilines is 1. The number of primary amides is 1. The molecule has 2 rings (SSSR count). The second kappa shape index (κ2) is 15.8. The Balaban J connectivity index is 2.59. The average Bonchev–Trinajstić information content (AvgIpc) is 2.90. The van der Waals surface area contributed by atoms with E-state index in [9.17, 15) is 19.2 Å². The van der Waals surface area contributed by atoms with Crippen molar-refractivity contribution in [1.82, 2.24) is 10.2 Å². The molecule has 42 heavy (non-hydrogen) atoms. The van der Waals surface area contributed by atoms with E-state index in [4.69, 9.17) is 15.2 Å². The first-order valence-corrected chi connectivity index (χ1v) is 14.4. The van der Waals surface area contributed by atoms with E-state index in [-0.39, 0.29) is 6.54 Å². The highest BCUT2D eigenvalue weighted by Gasteiger charge is 2.37. The number of nitrogens with one attached hydrogen (secondary N) is 2. The van der Waals surface area contributed by atoms with Crippen LogP contribution in [0.3, 0.4) is 0 Å². The van der Waals surface area contributed by atoms with Gasteiger partial charge in [0, 0.05) is 12.2 Å². The van der Waals surface area contributed by atoms with E-state index in [1.54, 1.807) is 52.1 Å². The Labute approximate surface area is 249 Å². The van der Waals surface area contributed by atoms with Gasteiger partial charge < -0.3 is 30.7 Å². The zero-order valence-corrected chi connectivity index (χ0v) is 25.9. The molecule has 4 N–H and O–H groups in total. The normalized spacial score (nSPS) is 12.5. The van der Waals surface area contributed by atoms with Crippen molar-refractivity contribution in [1.29, 1.82) is 0 Å². The molecule has 10 heteroatoms. The van der Waals surface area contributed by atoms with Crippen LogP contribution in [0.1, 0.15) is 82.5 Å². The van der Waals surface area contributed by atoms with Gasteiger partial charge in [-0.2, -0.15) is 0 Å². The minimum absolute atomic E-state index is 0.220. The Bertz CT molecular complexity index is 1220. The van der Waals surface area contributed by atoms with Crippen molar-refractivity contribution in [3.05, 3.63) is 59.2 Å². The van der Waals surface area contributed by atoms with Crippen LogP contribution in [0.4, 0.5) is 10.5 Å². The summed E-state index contributed by atoms with van der Waals surface area (Å²) in [7, 11) is 1.56. The molecule has 2 unspecified atom stereocenters. The minimum atomic E-state index is -1.33. The van der Waals surface area contributed by atoms with Crippen molar-refractivity contribution in [2.75, 3.05) is 19.0 Å². The van der Waals surface area contributed by atoms with Crippen LogP contribution in [0.15, 0.2) is 42.5 Å². The van der Waals surface area contributed by atoms with Crippen LogP contribution in [0.25, 0.3) is 0 Å². The number of nitrogens with zero attached hydrogens (tertiary/aromatic N) is 1. The summed E-state index contributed by atoms with van der Waals surface area (Å²) in [5.74, 6) is -1.18. The number of carbonyl (C=O) groups is 4. The number of nitrogens with two attached hydrogens (primary N) is 1. The Morgan fingerprint density at radius 3 is 2.21 bits per heavy atom. The maximum Gasteiger partial charge on any atom is 0.408 e. The maximum atomic E-state index is 14.2. The van der Waals surface area contributed by atoms with E-state index < -0.39 is 47.9 Å². The Morgan fingerprint density at radius 1 is 0.976 bits per heavy atom. The summed E-state index contributed by atoms with van der Waals surface area (Å²) in [5, 5.41) is 5.46. The van der Waals surface area contributed by atoms with Gasteiger partial charge in [-0.15, -0.1) is 0 Å². The molecule has 2 aromatic carbocycles. The molecular weight excluding hydrogens is 536 g/mol. The first-order chi connectivity index (χ1) is 19.8. The third kappa shape index (κ3) is 10.4. The van der Waals surface area contributed by atoms with Gasteiger partial charge >= 0.3 is 6.09 Å². The highest BCUT2D eigenvalue weighted by Crippen LogP contribution is 2.29. The molecule has 0 heterocycles. The quantitative estimate of drug-likeness (QED) is 0.263. The predicted octanol–water partition coefficient (Wildman–Crippen LogP) is 5.17. The highest BCUT2D eigenvalue weighted by molar-refractivity contribution is 6.00. The lowest BCUT2D eigenvalue weighted by molar-refractivity contribution is -0.142. The number of hydrogen-bond donors (Lipinski definition) is 3. The average molecular weight is 583 g/mol. The SMILES string of the molecule is CCCCCCN(C(=O)C(CC(N)=O)NC(=O)OC(C)(C)C)C(C(=O)Nc1ccc(OC)cc1)c1cccc(C)c1C. The summed E-state index contributed by atoms with van der Waals surface area (Å²) >= 11 is 0. The van der Waals surface area contributed by atoms with Crippen LogP contribution in [-0.4, -0.2) is 54.0 Å². The Kier molecular flexibility index (Phi) is 12.8. The van der Waals surface area contributed by atoms with Crippen LogP contribution in [0.2, 0.25) is 0 Å². The summed E-state index contributed by atoms with van der Waals surface area (Å²) in [6.07, 6.45) is 2.07. The summed E-state index contributed by atoms with van der Waals surface area (Å²) in [4.78, 5) is 54.5. The molecule has 230 valence electrons. The largest absolute Gasteiger partial charge is 0.497 e. The van der Waals surface area contributed by atoms with Crippen molar-refractivity contribution in [2.45, 2.75) is 91.3 Å². The van der Waals surface area contributed by atoms with Crippen LogP contribution < -0.4 is 21.1 Å². The maximum absolute atomic E-state index is 14.2. The summed E-state index contributed by atoms with van der Waals surface area (Å²) < 4.78 is 10.6. The standard InChI is InChI=1S/C32H46N4O6/c1-8-9-10-11-19-36(30(39)26(20-27(33)37)35-31(40)42-32(4,5)6)28(25-14-12-13-21(2)22(25)3)29(38)34-23-15-17-24(41-7)18-16-23/h12-18,26,28H,8-11,19-20H2,1-7H3,(H2,33,37)(H,34,38)(H,35,40). The molecule has 4 amide bonds. The van der Waals surface area contributed by atoms with Gasteiger partial charge in [0.1, 0.15) is 23.4 Å². The third-order valence-corrected chi connectivity index (χ3v) is 6.79. The van der Waals surface area contributed by atoms with Crippen LogP contribution in [-0.2, 0) is 19.1 Å². The Morgan fingerprint density at radius 2 is 1.64 bits per heavy atom. The molecule has 0 aliphatic carbocycles. The van der Waals surface area contributed by atoms with Gasteiger partial charge in [-0.1, -0.05) is 44.4 Å². The number of carbonyl (C=O) groups excluding carboxylic acids is 4. The lowest BCUT2D eigenvalue weighted by Crippen LogP contribution is -2.53. The molecule has 0 bridgehead atoms. The number of rotatable bonds is 14. The van der Waals surface area contributed by atoms with Crippen molar-refractivity contribution in [3.63, 3.8) is 0 Å². The van der Waals surface area contributed by atoms with Gasteiger partial charge in [0.05, 0.1) is 13.5 Å². The molecule has 0 aliphatic rings. The van der Waals surface area contributed by atoms with Crippen LogP contribution in [0.5, 0.6) is 5.75 Å². The third-order valence-electron chi connectivity index (χ3n) is 6.79. The topological polar surface area (TPSA) is 140 Å². The lowest BCUT2D eigenvalue weighted by Gasteiger charge is -2.35. The smallest absolute Gasteiger partial charge is 0.408 e. The molecule has 0 spiro atoms. The second-order valence-corrected chi connectivity index (χ2v) is 11.4. The molecule has 0 aliphatic heterocycles. The fraction of sp³-hybridized carbons (Fsp3) is 0.500. The first kappa shape index (κ1) is 34.1. The van der Waals surface area contributed by atoms with Crippen molar-refractivity contribution in [3.8, 4) is 5.75 Å². The van der Waals surface area contributed by atoms with E-state index in [0.29, 0.717) is 23.4 Å². The molecule has 0 radical (unpaired) electrons. The number of ether oxygens (including phenoxy) is 2. The van der Waals surface area contributed by atoms with Crippen molar-refractivity contribution in [2.24, 2.45) is 5.73 Å². The molecule has 0 aromatic heterocycles. The fourth-order valence-corrected chi connectivity index (χ4v) is 4.53. The van der Waals surface area contributed by atoms with E-state index in [1.165, 1.54) is 4.90 Å². The molecule has 2 atom stereocenters. The highest BCUT2D eigenvalue weighted by atomic mass is 16.6. The molecule has 0 fully saturated rings. The molecular formula is C32H46N4O6. The van der Waals surface area contributed by atoms with E-state index in [1.807, 2.05) is 32.0 Å². The lowest BCUT2D eigenvalue weighted by atomic mass is 9.94. The predicted molar refractivity (Wildman–Crippen MR) is 163 cm³/mol. The zero-order chi connectivity index (χ0) is 31.4. The first-order valence-electron chi connectivity index (χ1n) is 14.4. The number of benzene rings is 2. The van der Waals surface area contributed by atoms with Crippen molar-refractivity contribution < 1.29 is 28.7 Å². The van der Waals surface area contributed by atoms with Crippen LogP contribution >= 0.6 is 0 Å². The summed E-state index contributed by atoms with van der Waals surface area (Å²) in [6, 6.07) is 10.1. The van der Waals surface area contributed by atoms with Gasteiger partial charge in [-0.3, -0.25) is 14.4 Å². The minimum Gasteiger partial charge on any atom is -0.497 e. The van der Waals surface area contributed by atoms with Gasteiger partial charge in [0.15, 0.2) is 0 Å². The number of alkyl carbamates (subject to hydrolysis) is 1. The van der Waals surface area contributed by atoms with E-state index in [2.05, 4.69) is 17.6 Å². The van der Waals surface area contributed by atoms with Crippen molar-refractivity contribution >= 4 is 29.5 Å². The van der Waals surface area contributed by atoms with Gasteiger partial charge in [-0.25, -0.2) is 4.79 Å². The summed E-state index contributed by atoms with van der Waals surface area (Å²) in [5.41, 5.74) is 7.64. The Hall–Kier alpha value is -4.08. The second-order valence-electron chi connectivity index (χ2n) is 11.4. The van der Waals surface area contributed by atoms with E-state index >= 15 is 0 Å². The number of hydrogen-bond acceptors (Lipinski definition) is 6. The summed E-state index contributed by atoms with van der Waals surface area (Å²) in [6.45, 7) is 11.2. The van der Waals surface area contributed by atoms with Gasteiger partial charge in [0.2, 0.25) is 11.8 Å². The molecule has 0 saturated carbocycles. The number of amides is 4. The monoisotopic (exact) mass is 582 g/mol. The van der Waals surface area contributed by atoms with Crippen LogP contribution in [0, 0.1) is 13.8 Å². The van der Waals surface area contributed by atoms with E-state index in [0.717, 1.165) is 30.4 Å². The fourth-order valence-electron chi connectivity index (χ4n) is 4.53. The number of unbranched alkanes of at least 4 members (excludes halogenated alkanes) is 3. The zero-order valence-electron chi connectivity index (χ0n) is 25.9. The molecule has 2 aromatic rings. The number of aryl methyl sites for hydroxylation is 1. The number of methoxy groups -OCH3 is 1.